The van der Waals surface area contributed by atoms with Crippen molar-refractivity contribution in [3.8, 4) is 0 Å². The number of ether oxygens (including phenoxy) is 1. The number of pyridine rings is 1. The summed E-state index contributed by atoms with van der Waals surface area (Å²) in [7, 11) is 0. The Morgan fingerprint density at radius 1 is 1.41 bits per heavy atom. The molecule has 0 saturated carbocycles. The van der Waals surface area contributed by atoms with Crippen LogP contribution < -0.4 is 11.1 Å². The molecular formula is C15H13BrClF3N4OS2. The minimum Gasteiger partial charge on any atom is -0.377 e. The van der Waals surface area contributed by atoms with E-state index in [4.69, 9.17) is 17.3 Å². The molecule has 0 spiro atoms. The Balaban J connectivity index is 1.81. The Bertz CT molecular complexity index is 920. The van der Waals surface area contributed by atoms with Crippen LogP contribution in [-0.2, 0) is 17.7 Å². The van der Waals surface area contributed by atoms with Crippen LogP contribution in [0.1, 0.15) is 9.88 Å². The predicted molar refractivity (Wildman–Crippen MR) is 105 cm³/mol. The number of nitrogens with zero attached hydrogens (tertiary/aromatic N) is 2. The first-order valence-electron chi connectivity index (χ1n) is 7.59. The van der Waals surface area contributed by atoms with Crippen molar-refractivity contribution in [1.29, 1.82) is 0 Å². The van der Waals surface area contributed by atoms with Crippen LogP contribution in [0.15, 0.2) is 22.1 Å². The average Bonchev–Trinajstić information content (AvgIpc) is 3.20. The Morgan fingerprint density at radius 2 is 2.19 bits per heavy atom. The second-order valence-corrected chi connectivity index (χ2v) is 8.77. The maximum atomic E-state index is 12.2. The number of nitrogens with two attached hydrogens (primary N) is 1. The van der Waals surface area contributed by atoms with E-state index in [1.54, 1.807) is 12.3 Å². The fourth-order valence-corrected chi connectivity index (χ4v) is 5.11. The van der Waals surface area contributed by atoms with E-state index in [0.29, 0.717) is 21.7 Å². The minimum atomic E-state index is -4.70. The number of alkyl halides is 3. The van der Waals surface area contributed by atoms with Crippen molar-refractivity contribution in [3.05, 3.63) is 37.2 Å². The van der Waals surface area contributed by atoms with Gasteiger partial charge in [-0.3, -0.25) is 4.74 Å². The van der Waals surface area contributed by atoms with Gasteiger partial charge in [-0.05, 0) is 15.9 Å². The summed E-state index contributed by atoms with van der Waals surface area (Å²) in [4.78, 5) is 9.31. The molecule has 0 radical (unpaired) electrons. The Kier molecular flexibility index (Phi) is 6.59. The van der Waals surface area contributed by atoms with Crippen LogP contribution in [0.4, 0.5) is 18.9 Å². The number of aromatic nitrogens is 2. The number of anilines is 1. The van der Waals surface area contributed by atoms with Gasteiger partial charge in [0.25, 0.3) is 0 Å². The monoisotopic (exact) mass is 500 g/mol. The molecule has 5 nitrogen and oxygen atoms in total. The number of thiazole rings is 1. The molecular weight excluding hydrogens is 489 g/mol. The molecule has 0 aliphatic heterocycles. The van der Waals surface area contributed by atoms with Crippen LogP contribution in [0.25, 0.3) is 10.2 Å². The number of halogens is 5. The zero-order valence-corrected chi connectivity index (χ0v) is 17.5. The van der Waals surface area contributed by atoms with Gasteiger partial charge in [-0.25, -0.2) is 9.97 Å². The summed E-state index contributed by atoms with van der Waals surface area (Å²) >= 11 is 12.5. The number of nitrogens with one attached hydrogen (secondary N) is 1. The summed E-state index contributed by atoms with van der Waals surface area (Å²) in [6.45, 7) is -0.0928. The van der Waals surface area contributed by atoms with Crippen LogP contribution >= 0.6 is 50.2 Å². The largest absolute Gasteiger partial charge is 0.522 e. The molecule has 3 aromatic rings. The topological polar surface area (TPSA) is 73.1 Å². The molecule has 0 unspecified atom stereocenters. The van der Waals surface area contributed by atoms with Crippen molar-refractivity contribution >= 4 is 66.1 Å². The zero-order valence-electron chi connectivity index (χ0n) is 13.5. The van der Waals surface area contributed by atoms with E-state index < -0.39 is 19.0 Å². The highest BCUT2D eigenvalue weighted by Crippen LogP contribution is 2.40. The van der Waals surface area contributed by atoms with Gasteiger partial charge in [0.05, 0.1) is 33.5 Å². The predicted octanol–water partition coefficient (Wildman–Crippen LogP) is 5.19. The molecule has 146 valence electrons. The molecule has 0 fully saturated rings. The summed E-state index contributed by atoms with van der Waals surface area (Å²) in [5.41, 5.74) is 7.19. The van der Waals surface area contributed by atoms with Crippen molar-refractivity contribution in [1.82, 2.24) is 9.97 Å². The van der Waals surface area contributed by atoms with Crippen LogP contribution in [0.2, 0.25) is 5.15 Å². The SMILES string of the molecule is N[C@@H](COC(F)(F)F)Cc1sc2c(NCc3nccs3)cc(Cl)nc2c1Br. The number of thiophene rings is 1. The highest BCUT2D eigenvalue weighted by atomic mass is 79.9. The highest BCUT2D eigenvalue weighted by molar-refractivity contribution is 9.10. The van der Waals surface area contributed by atoms with Crippen molar-refractivity contribution in [2.75, 3.05) is 11.9 Å². The Hall–Kier alpha value is -0.980. The minimum absolute atomic E-state index is 0.210. The maximum absolute atomic E-state index is 12.2. The molecule has 1 atom stereocenters. The Morgan fingerprint density at radius 3 is 2.85 bits per heavy atom. The van der Waals surface area contributed by atoms with Crippen molar-refractivity contribution in [3.63, 3.8) is 0 Å². The van der Waals surface area contributed by atoms with Gasteiger partial charge in [-0.2, -0.15) is 0 Å². The standard InChI is InChI=1S/C15H13BrClF3N4OS2/c16-12-9(3-7(21)6-25-15(18,19)20)27-14-8(4-10(17)24-13(12)14)23-5-11-22-1-2-26-11/h1-2,4,7H,3,5-6,21H2,(H,23,24)/t7-/m1/s1. The molecule has 0 aliphatic carbocycles. The van der Waals surface area contributed by atoms with Crippen LogP contribution in [0.3, 0.4) is 0 Å². The molecule has 3 aromatic heterocycles. The maximum Gasteiger partial charge on any atom is 0.522 e. The molecule has 0 aliphatic rings. The average molecular weight is 502 g/mol. The zero-order chi connectivity index (χ0) is 19.6. The summed E-state index contributed by atoms with van der Waals surface area (Å²) in [5.74, 6) is 0. The van der Waals surface area contributed by atoms with Crippen LogP contribution in [0, 0.1) is 0 Å². The van der Waals surface area contributed by atoms with Crippen LogP contribution in [0.5, 0.6) is 0 Å². The lowest BCUT2D eigenvalue weighted by atomic mass is 10.2. The van der Waals surface area contributed by atoms with Crippen LogP contribution in [-0.4, -0.2) is 29.0 Å². The lowest BCUT2D eigenvalue weighted by molar-refractivity contribution is -0.325. The second kappa shape index (κ2) is 8.58. The van der Waals surface area contributed by atoms with Gasteiger partial charge in [0, 0.05) is 35.0 Å². The highest BCUT2D eigenvalue weighted by Gasteiger charge is 2.30. The van der Waals surface area contributed by atoms with Crippen molar-refractivity contribution in [2.45, 2.75) is 25.4 Å². The summed E-state index contributed by atoms with van der Waals surface area (Å²) in [5, 5.41) is 6.38. The fourth-order valence-electron chi connectivity index (χ4n) is 2.33. The molecule has 12 heteroatoms. The summed E-state index contributed by atoms with van der Waals surface area (Å²) < 4.78 is 41.9. The van der Waals surface area contributed by atoms with Crippen molar-refractivity contribution < 1.29 is 17.9 Å². The van der Waals surface area contributed by atoms with Gasteiger partial charge in [0.15, 0.2) is 0 Å². The lowest BCUT2D eigenvalue weighted by Crippen LogP contribution is -2.31. The van der Waals surface area contributed by atoms with E-state index in [2.05, 4.69) is 36.0 Å². The third-order valence-electron chi connectivity index (χ3n) is 3.44. The fraction of sp³-hybridized carbons (Fsp3) is 0.333. The quantitative estimate of drug-likeness (QED) is 0.436. The third kappa shape index (κ3) is 5.52. The number of rotatable bonds is 7. The van der Waals surface area contributed by atoms with Gasteiger partial charge in [0.2, 0.25) is 0 Å². The Labute approximate surface area is 173 Å². The number of hydrogen-bond donors (Lipinski definition) is 2. The summed E-state index contributed by atoms with van der Waals surface area (Å²) in [6, 6.07) is 0.898. The second-order valence-electron chi connectivity index (χ2n) is 5.51. The molecule has 0 saturated heterocycles. The molecule has 0 aromatic carbocycles. The molecule has 3 rings (SSSR count). The first-order valence-corrected chi connectivity index (χ1v) is 10.5. The molecule has 0 amide bonds. The first-order chi connectivity index (χ1) is 12.7. The number of hydrogen-bond acceptors (Lipinski definition) is 7. The van der Waals surface area contributed by atoms with Gasteiger partial charge in [-0.1, -0.05) is 11.6 Å². The number of fused-ring (bicyclic) bond motifs is 1. The van der Waals surface area contributed by atoms with E-state index in [-0.39, 0.29) is 6.42 Å². The van der Waals surface area contributed by atoms with Crippen molar-refractivity contribution in [2.24, 2.45) is 5.73 Å². The van der Waals surface area contributed by atoms with E-state index in [9.17, 15) is 13.2 Å². The molecule has 27 heavy (non-hydrogen) atoms. The summed E-state index contributed by atoms with van der Waals surface area (Å²) in [6.07, 6.45) is -2.76. The van der Waals surface area contributed by atoms with E-state index in [0.717, 1.165) is 20.3 Å². The lowest BCUT2D eigenvalue weighted by Gasteiger charge is -2.13. The normalized spacial score (nSPS) is 13.3. The van der Waals surface area contributed by atoms with E-state index in [1.165, 1.54) is 22.7 Å². The van der Waals surface area contributed by atoms with Gasteiger partial charge in [-0.15, -0.1) is 35.8 Å². The smallest absolute Gasteiger partial charge is 0.377 e. The molecule has 3 heterocycles. The third-order valence-corrected chi connectivity index (χ3v) is 6.77. The van der Waals surface area contributed by atoms with Gasteiger partial charge in [0.1, 0.15) is 10.2 Å². The van der Waals surface area contributed by atoms with E-state index >= 15 is 0 Å². The van der Waals surface area contributed by atoms with Gasteiger partial charge >= 0.3 is 6.36 Å². The first kappa shape index (κ1) is 20.7. The molecule has 3 N–H and O–H groups in total. The van der Waals surface area contributed by atoms with E-state index in [1.807, 2.05) is 5.38 Å². The molecule has 0 bridgehead atoms. The van der Waals surface area contributed by atoms with Gasteiger partial charge < -0.3 is 11.1 Å².